The molecule has 2 heterocycles. The summed E-state index contributed by atoms with van der Waals surface area (Å²) in [5.74, 6) is 0.00696. The standard InChI is InChI=1S/C12H21N3O3/c16-11(15-5-2-1-3-6-15)8-13-12(17)14-10-4-7-18-9-10/h10H,1-9H2,(H2,13,14,17). The fraction of sp³-hybridized carbons (Fsp3) is 0.833. The van der Waals surface area contributed by atoms with Crippen LogP contribution >= 0.6 is 0 Å². The second kappa shape index (κ2) is 6.58. The smallest absolute Gasteiger partial charge is 0.315 e. The van der Waals surface area contributed by atoms with E-state index in [1.54, 1.807) is 0 Å². The largest absolute Gasteiger partial charge is 0.379 e. The molecule has 1 unspecified atom stereocenters. The number of nitrogens with one attached hydrogen (secondary N) is 2. The van der Waals surface area contributed by atoms with Crippen LogP contribution in [0.15, 0.2) is 0 Å². The van der Waals surface area contributed by atoms with Crippen LogP contribution in [0, 0.1) is 0 Å². The molecule has 2 rings (SSSR count). The number of urea groups is 1. The topological polar surface area (TPSA) is 70.7 Å². The quantitative estimate of drug-likeness (QED) is 0.750. The Labute approximate surface area is 107 Å². The summed E-state index contributed by atoms with van der Waals surface area (Å²) in [4.78, 5) is 25.2. The number of hydrogen-bond donors (Lipinski definition) is 2. The first-order valence-electron chi connectivity index (χ1n) is 6.65. The minimum absolute atomic E-state index is 0.00696. The molecule has 2 N–H and O–H groups in total. The summed E-state index contributed by atoms with van der Waals surface area (Å²) in [5.41, 5.74) is 0. The van der Waals surface area contributed by atoms with Gasteiger partial charge in [0.25, 0.3) is 0 Å². The highest BCUT2D eigenvalue weighted by molar-refractivity contribution is 5.84. The Morgan fingerprint density at radius 1 is 1.22 bits per heavy atom. The maximum Gasteiger partial charge on any atom is 0.315 e. The SMILES string of the molecule is O=C(NCC(=O)N1CCCCC1)NC1CCOC1. The Balaban J connectivity index is 1.63. The Morgan fingerprint density at radius 2 is 2.00 bits per heavy atom. The average Bonchev–Trinajstić information content (AvgIpc) is 2.90. The summed E-state index contributed by atoms with van der Waals surface area (Å²) in [6, 6.07) is -0.203. The van der Waals surface area contributed by atoms with Crippen LogP contribution in [0.3, 0.4) is 0 Å². The summed E-state index contributed by atoms with van der Waals surface area (Å²) in [6.07, 6.45) is 4.17. The Morgan fingerprint density at radius 3 is 2.67 bits per heavy atom. The average molecular weight is 255 g/mol. The van der Waals surface area contributed by atoms with Gasteiger partial charge in [0.2, 0.25) is 5.91 Å². The fourth-order valence-corrected chi connectivity index (χ4v) is 2.30. The number of hydrogen-bond acceptors (Lipinski definition) is 3. The van der Waals surface area contributed by atoms with Gasteiger partial charge in [-0.05, 0) is 25.7 Å². The Kier molecular flexibility index (Phi) is 4.81. The predicted molar refractivity (Wildman–Crippen MR) is 66.2 cm³/mol. The molecule has 0 spiro atoms. The summed E-state index contributed by atoms with van der Waals surface area (Å²) < 4.78 is 5.16. The maximum atomic E-state index is 11.8. The van der Waals surface area contributed by atoms with E-state index in [1.807, 2.05) is 4.90 Å². The molecule has 0 saturated carbocycles. The number of rotatable bonds is 3. The van der Waals surface area contributed by atoms with Crippen LogP contribution < -0.4 is 10.6 Å². The molecule has 3 amide bonds. The molecule has 2 aliphatic rings. The van der Waals surface area contributed by atoms with E-state index in [0.717, 1.165) is 32.4 Å². The molecule has 2 aliphatic heterocycles. The zero-order valence-electron chi connectivity index (χ0n) is 10.6. The fourth-order valence-electron chi connectivity index (χ4n) is 2.30. The van der Waals surface area contributed by atoms with E-state index in [0.29, 0.717) is 13.2 Å². The first-order chi connectivity index (χ1) is 8.75. The molecule has 1 atom stereocenters. The van der Waals surface area contributed by atoms with Crippen LogP contribution in [0.5, 0.6) is 0 Å². The van der Waals surface area contributed by atoms with E-state index in [9.17, 15) is 9.59 Å². The number of ether oxygens (including phenoxy) is 1. The number of likely N-dealkylation sites (tertiary alicyclic amines) is 1. The van der Waals surface area contributed by atoms with Gasteiger partial charge < -0.3 is 20.3 Å². The van der Waals surface area contributed by atoms with Gasteiger partial charge in [0.15, 0.2) is 0 Å². The molecule has 6 nitrogen and oxygen atoms in total. The Hall–Kier alpha value is -1.30. The third-order valence-electron chi connectivity index (χ3n) is 3.37. The van der Waals surface area contributed by atoms with Crippen molar-refractivity contribution in [3.63, 3.8) is 0 Å². The Bertz CT molecular complexity index is 297. The normalized spacial score (nSPS) is 23.8. The van der Waals surface area contributed by atoms with E-state index < -0.39 is 0 Å². The van der Waals surface area contributed by atoms with E-state index in [4.69, 9.17) is 4.74 Å². The van der Waals surface area contributed by atoms with Crippen molar-refractivity contribution in [2.75, 3.05) is 32.8 Å². The molecule has 6 heteroatoms. The highest BCUT2D eigenvalue weighted by atomic mass is 16.5. The van der Waals surface area contributed by atoms with Gasteiger partial charge in [-0.3, -0.25) is 4.79 Å². The molecule has 0 aromatic carbocycles. The molecule has 18 heavy (non-hydrogen) atoms. The molecule has 0 bridgehead atoms. The molecule has 0 aromatic rings. The third-order valence-corrected chi connectivity index (χ3v) is 3.37. The van der Waals surface area contributed by atoms with Crippen molar-refractivity contribution in [1.29, 1.82) is 0 Å². The minimum Gasteiger partial charge on any atom is -0.379 e. The van der Waals surface area contributed by atoms with Gasteiger partial charge in [-0.15, -0.1) is 0 Å². The molecule has 0 aromatic heterocycles. The number of carbonyl (C=O) groups is 2. The van der Waals surface area contributed by atoms with Crippen molar-refractivity contribution < 1.29 is 14.3 Å². The van der Waals surface area contributed by atoms with Gasteiger partial charge in [0, 0.05) is 19.7 Å². The van der Waals surface area contributed by atoms with E-state index in [2.05, 4.69) is 10.6 Å². The minimum atomic E-state index is -0.282. The summed E-state index contributed by atoms with van der Waals surface area (Å²) in [6.45, 7) is 2.97. The van der Waals surface area contributed by atoms with Crippen molar-refractivity contribution >= 4 is 11.9 Å². The highest BCUT2D eigenvalue weighted by Gasteiger charge is 2.19. The van der Waals surface area contributed by atoms with Crippen LogP contribution in [-0.2, 0) is 9.53 Å². The van der Waals surface area contributed by atoms with Gasteiger partial charge in [0.1, 0.15) is 0 Å². The number of carbonyl (C=O) groups excluding carboxylic acids is 2. The van der Waals surface area contributed by atoms with Crippen LogP contribution in [0.25, 0.3) is 0 Å². The van der Waals surface area contributed by atoms with E-state index >= 15 is 0 Å². The summed E-state index contributed by atoms with van der Waals surface area (Å²) in [7, 11) is 0. The predicted octanol–water partition coefficient (Wildman–Crippen LogP) is 0.0870. The van der Waals surface area contributed by atoms with Gasteiger partial charge in [-0.2, -0.15) is 0 Å². The van der Waals surface area contributed by atoms with E-state index in [-0.39, 0.29) is 24.5 Å². The third kappa shape index (κ3) is 3.87. The molecule has 2 fully saturated rings. The maximum absolute atomic E-state index is 11.8. The zero-order valence-corrected chi connectivity index (χ0v) is 10.6. The van der Waals surface area contributed by atoms with Crippen LogP contribution in [0.2, 0.25) is 0 Å². The number of amides is 3. The van der Waals surface area contributed by atoms with Crippen molar-refractivity contribution in [2.45, 2.75) is 31.7 Å². The number of piperidine rings is 1. The van der Waals surface area contributed by atoms with Gasteiger partial charge in [-0.1, -0.05) is 0 Å². The van der Waals surface area contributed by atoms with Crippen molar-refractivity contribution in [1.82, 2.24) is 15.5 Å². The van der Waals surface area contributed by atoms with Crippen molar-refractivity contribution in [3.05, 3.63) is 0 Å². The molecule has 0 radical (unpaired) electrons. The lowest BCUT2D eigenvalue weighted by atomic mass is 10.1. The van der Waals surface area contributed by atoms with Gasteiger partial charge >= 0.3 is 6.03 Å². The van der Waals surface area contributed by atoms with Crippen molar-refractivity contribution in [2.24, 2.45) is 0 Å². The lowest BCUT2D eigenvalue weighted by Gasteiger charge is -2.26. The van der Waals surface area contributed by atoms with Crippen molar-refractivity contribution in [3.8, 4) is 0 Å². The lowest BCUT2D eigenvalue weighted by Crippen LogP contribution is -2.47. The molecule has 2 saturated heterocycles. The first-order valence-corrected chi connectivity index (χ1v) is 6.65. The molecule has 102 valence electrons. The molecular weight excluding hydrogens is 234 g/mol. The first kappa shape index (κ1) is 13.1. The molecular formula is C12H21N3O3. The zero-order chi connectivity index (χ0) is 12.8. The molecule has 0 aliphatic carbocycles. The van der Waals surface area contributed by atoms with E-state index in [1.165, 1.54) is 6.42 Å². The number of nitrogens with zero attached hydrogens (tertiary/aromatic N) is 1. The second-order valence-electron chi connectivity index (χ2n) is 4.83. The lowest BCUT2D eigenvalue weighted by molar-refractivity contribution is -0.130. The monoisotopic (exact) mass is 255 g/mol. The van der Waals surface area contributed by atoms with Crippen LogP contribution in [-0.4, -0.2) is 55.7 Å². The highest BCUT2D eigenvalue weighted by Crippen LogP contribution is 2.08. The second-order valence-corrected chi connectivity index (χ2v) is 4.83. The summed E-state index contributed by atoms with van der Waals surface area (Å²) in [5, 5.41) is 5.40. The van der Waals surface area contributed by atoms with Crippen LogP contribution in [0.4, 0.5) is 4.79 Å². The van der Waals surface area contributed by atoms with Gasteiger partial charge in [0.05, 0.1) is 19.2 Å². The van der Waals surface area contributed by atoms with Gasteiger partial charge in [-0.25, -0.2) is 4.79 Å². The summed E-state index contributed by atoms with van der Waals surface area (Å²) >= 11 is 0. The van der Waals surface area contributed by atoms with Crippen LogP contribution in [0.1, 0.15) is 25.7 Å².